The van der Waals surface area contributed by atoms with Crippen LogP contribution in [0.15, 0.2) is 53.0 Å². The first kappa shape index (κ1) is 17.6. The molecule has 0 saturated carbocycles. The van der Waals surface area contributed by atoms with E-state index in [0.29, 0.717) is 0 Å². The fourth-order valence-corrected chi connectivity index (χ4v) is 2.27. The van der Waals surface area contributed by atoms with Crippen molar-refractivity contribution < 1.29 is 18.0 Å². The van der Waals surface area contributed by atoms with E-state index in [1.54, 1.807) is 30.3 Å². The predicted octanol–water partition coefficient (Wildman–Crippen LogP) is 5.73. The highest BCUT2D eigenvalue weighted by Gasteiger charge is 2.31. The van der Waals surface area contributed by atoms with Gasteiger partial charge in [0.2, 0.25) is 0 Å². The lowest BCUT2D eigenvalue weighted by atomic mass is 10.2. The average Bonchev–Trinajstić information content (AvgIpc) is 2.49. The normalized spacial score (nSPS) is 12.1. The minimum atomic E-state index is -4.51. The molecule has 2 rings (SSSR count). The molecule has 2 aromatic rings. The summed E-state index contributed by atoms with van der Waals surface area (Å²) in [7, 11) is 0. The van der Waals surface area contributed by atoms with Crippen LogP contribution in [0.2, 0.25) is 5.02 Å². The molecule has 0 unspecified atom stereocenters. The van der Waals surface area contributed by atoms with E-state index in [9.17, 15) is 18.0 Å². The summed E-state index contributed by atoms with van der Waals surface area (Å²) in [6, 6.07) is 11.7. The Bertz CT molecular complexity index is 745. The van der Waals surface area contributed by atoms with Gasteiger partial charge in [-0.2, -0.15) is 13.2 Å². The van der Waals surface area contributed by atoms with Crippen LogP contribution in [0.4, 0.5) is 18.9 Å². The second kappa shape index (κ2) is 7.19. The molecule has 0 aliphatic rings. The van der Waals surface area contributed by atoms with Gasteiger partial charge in [0.25, 0.3) is 5.91 Å². The Balaban J connectivity index is 2.22. The number of halogens is 5. The Labute approximate surface area is 144 Å². The number of amides is 1. The summed E-state index contributed by atoms with van der Waals surface area (Å²) >= 11 is 8.94. The summed E-state index contributed by atoms with van der Waals surface area (Å²) in [5.41, 5.74) is -0.227. The van der Waals surface area contributed by atoms with Crippen molar-refractivity contribution in [2.75, 3.05) is 5.32 Å². The van der Waals surface area contributed by atoms with Crippen LogP contribution in [0.25, 0.3) is 6.08 Å². The molecule has 2 aromatic carbocycles. The maximum absolute atomic E-state index is 12.7. The molecule has 1 N–H and O–H groups in total. The van der Waals surface area contributed by atoms with Gasteiger partial charge in [0.1, 0.15) is 0 Å². The number of anilines is 1. The summed E-state index contributed by atoms with van der Waals surface area (Å²) in [6.07, 6.45) is -2.96. The highest BCUT2D eigenvalue weighted by atomic mass is 79.9. The molecule has 0 spiro atoms. The zero-order valence-corrected chi connectivity index (χ0v) is 13.8. The second-order valence-corrected chi connectivity index (χ2v) is 5.81. The van der Waals surface area contributed by atoms with Crippen LogP contribution in [0, 0.1) is 0 Å². The topological polar surface area (TPSA) is 29.1 Å². The number of alkyl halides is 3. The van der Waals surface area contributed by atoms with Crippen LogP contribution in [0.3, 0.4) is 0 Å². The van der Waals surface area contributed by atoms with E-state index in [2.05, 4.69) is 21.2 Å². The van der Waals surface area contributed by atoms with Crippen LogP contribution >= 0.6 is 27.5 Å². The molecule has 0 radical (unpaired) electrons. The average molecular weight is 405 g/mol. The number of rotatable bonds is 3. The van der Waals surface area contributed by atoms with E-state index in [4.69, 9.17) is 11.6 Å². The highest BCUT2D eigenvalue weighted by Crippen LogP contribution is 2.34. The zero-order chi connectivity index (χ0) is 17.0. The van der Waals surface area contributed by atoms with Gasteiger partial charge < -0.3 is 5.32 Å². The molecule has 0 saturated heterocycles. The first-order valence-electron chi connectivity index (χ1n) is 6.38. The fourth-order valence-electron chi connectivity index (χ4n) is 1.74. The molecule has 0 aliphatic carbocycles. The number of carbonyl (C=O) groups is 1. The monoisotopic (exact) mass is 403 g/mol. The van der Waals surface area contributed by atoms with Gasteiger partial charge in [-0.25, -0.2) is 0 Å². The van der Waals surface area contributed by atoms with Crippen molar-refractivity contribution in [3.63, 3.8) is 0 Å². The SMILES string of the molecule is O=C(Nc1cc(C(F)(F)F)ccc1Cl)C(Br)=Cc1ccccc1. The second-order valence-electron chi connectivity index (χ2n) is 4.55. The van der Waals surface area contributed by atoms with E-state index in [-0.39, 0.29) is 15.2 Å². The van der Waals surface area contributed by atoms with E-state index in [1.165, 1.54) is 0 Å². The van der Waals surface area contributed by atoms with Crippen LogP contribution in [0.5, 0.6) is 0 Å². The fraction of sp³-hybridized carbons (Fsp3) is 0.0625. The maximum atomic E-state index is 12.7. The van der Waals surface area contributed by atoms with Gasteiger partial charge in [-0.05, 0) is 45.8 Å². The van der Waals surface area contributed by atoms with Gasteiger partial charge in [-0.3, -0.25) is 4.79 Å². The maximum Gasteiger partial charge on any atom is 0.416 e. The Kier molecular flexibility index (Phi) is 5.49. The molecule has 0 bridgehead atoms. The van der Waals surface area contributed by atoms with Crippen LogP contribution in [-0.2, 0) is 11.0 Å². The molecule has 0 aromatic heterocycles. The van der Waals surface area contributed by atoms with Crippen molar-refractivity contribution in [1.29, 1.82) is 0 Å². The van der Waals surface area contributed by atoms with Crippen molar-refractivity contribution in [3.05, 3.63) is 69.2 Å². The van der Waals surface area contributed by atoms with Crippen molar-refractivity contribution >= 4 is 45.2 Å². The van der Waals surface area contributed by atoms with E-state index >= 15 is 0 Å². The Morgan fingerprint density at radius 3 is 2.39 bits per heavy atom. The van der Waals surface area contributed by atoms with E-state index < -0.39 is 17.6 Å². The summed E-state index contributed by atoms with van der Waals surface area (Å²) in [5.74, 6) is -0.602. The summed E-state index contributed by atoms with van der Waals surface area (Å²) in [6.45, 7) is 0. The number of nitrogens with one attached hydrogen (secondary N) is 1. The lowest BCUT2D eigenvalue weighted by Crippen LogP contribution is -2.13. The van der Waals surface area contributed by atoms with Gasteiger partial charge in [0.15, 0.2) is 0 Å². The van der Waals surface area contributed by atoms with Gasteiger partial charge in [-0.1, -0.05) is 41.9 Å². The van der Waals surface area contributed by atoms with E-state index in [1.807, 2.05) is 6.07 Å². The van der Waals surface area contributed by atoms with Gasteiger partial charge in [0, 0.05) is 0 Å². The summed E-state index contributed by atoms with van der Waals surface area (Å²) < 4.78 is 38.3. The highest BCUT2D eigenvalue weighted by molar-refractivity contribution is 9.12. The molecule has 0 aliphatic heterocycles. The van der Waals surface area contributed by atoms with Crippen molar-refractivity contribution in [2.45, 2.75) is 6.18 Å². The smallest absolute Gasteiger partial charge is 0.320 e. The third-order valence-electron chi connectivity index (χ3n) is 2.85. The number of hydrogen-bond acceptors (Lipinski definition) is 1. The minimum Gasteiger partial charge on any atom is -0.320 e. The predicted molar refractivity (Wildman–Crippen MR) is 88.4 cm³/mol. The van der Waals surface area contributed by atoms with Gasteiger partial charge in [0.05, 0.1) is 20.8 Å². The molecule has 7 heteroatoms. The number of benzene rings is 2. The summed E-state index contributed by atoms with van der Waals surface area (Å²) in [4.78, 5) is 12.1. The number of hydrogen-bond donors (Lipinski definition) is 1. The zero-order valence-electron chi connectivity index (χ0n) is 11.5. The van der Waals surface area contributed by atoms with Crippen LogP contribution in [0.1, 0.15) is 11.1 Å². The molecule has 0 heterocycles. The Morgan fingerprint density at radius 2 is 1.78 bits per heavy atom. The first-order valence-corrected chi connectivity index (χ1v) is 7.55. The quantitative estimate of drug-likeness (QED) is 0.650. The molecule has 0 fully saturated rings. The number of carbonyl (C=O) groups excluding carboxylic acids is 1. The molecule has 2 nitrogen and oxygen atoms in total. The molecular formula is C16H10BrClF3NO. The van der Waals surface area contributed by atoms with Crippen molar-refractivity contribution in [2.24, 2.45) is 0 Å². The first-order chi connectivity index (χ1) is 10.8. The van der Waals surface area contributed by atoms with E-state index in [0.717, 1.165) is 23.8 Å². The Morgan fingerprint density at radius 1 is 1.13 bits per heavy atom. The van der Waals surface area contributed by atoms with Crippen LogP contribution < -0.4 is 5.32 Å². The molecule has 120 valence electrons. The lowest BCUT2D eigenvalue weighted by molar-refractivity contribution is -0.137. The third kappa shape index (κ3) is 4.84. The lowest BCUT2D eigenvalue weighted by Gasteiger charge is -2.11. The van der Waals surface area contributed by atoms with Gasteiger partial charge in [-0.15, -0.1) is 0 Å². The molecule has 1 amide bonds. The minimum absolute atomic E-state index is 0.0198. The third-order valence-corrected chi connectivity index (χ3v) is 3.77. The molecule has 23 heavy (non-hydrogen) atoms. The largest absolute Gasteiger partial charge is 0.416 e. The standard InChI is InChI=1S/C16H10BrClF3NO/c17-12(8-10-4-2-1-3-5-10)15(23)22-14-9-11(16(19,20)21)6-7-13(14)18/h1-9H,(H,22,23). The Hall–Kier alpha value is -1.79. The van der Waals surface area contributed by atoms with Crippen molar-refractivity contribution in [3.8, 4) is 0 Å². The molecule has 0 atom stereocenters. The van der Waals surface area contributed by atoms with Gasteiger partial charge >= 0.3 is 6.18 Å². The molecular weight excluding hydrogens is 395 g/mol. The van der Waals surface area contributed by atoms with Crippen molar-refractivity contribution in [1.82, 2.24) is 0 Å². The summed E-state index contributed by atoms with van der Waals surface area (Å²) in [5, 5.41) is 2.38. The van der Waals surface area contributed by atoms with Crippen LogP contribution in [-0.4, -0.2) is 5.91 Å².